The highest BCUT2D eigenvalue weighted by Gasteiger charge is 2.48. The van der Waals surface area contributed by atoms with E-state index in [1.54, 1.807) is 12.1 Å². The van der Waals surface area contributed by atoms with Crippen LogP contribution in [0.2, 0.25) is 0 Å². The molecule has 2 aliphatic heterocycles. The number of amides is 1. The van der Waals surface area contributed by atoms with Crippen LogP contribution >= 0.6 is 22.7 Å². The van der Waals surface area contributed by atoms with Crippen LogP contribution in [0.3, 0.4) is 0 Å². The third-order valence-electron chi connectivity index (χ3n) is 6.17. The van der Waals surface area contributed by atoms with E-state index in [0.717, 1.165) is 38.4 Å². The molecule has 4 heterocycles. The van der Waals surface area contributed by atoms with Gasteiger partial charge in [0.25, 0.3) is 5.78 Å². The molecular formula is C26H20N2O4S2. The van der Waals surface area contributed by atoms with Gasteiger partial charge in [0.1, 0.15) is 23.7 Å². The van der Waals surface area contributed by atoms with E-state index in [1.165, 1.54) is 27.6 Å². The fourth-order valence-electron chi connectivity index (χ4n) is 4.59. The number of aliphatic hydroxyl groups excluding tert-OH is 1. The summed E-state index contributed by atoms with van der Waals surface area (Å²) in [6.45, 7) is 3.99. The maximum atomic E-state index is 13.3. The standard InChI is InChI=1S/C26H20N2O4S2/c1-13-5-7-17-20(10-13)34-26(27-17)28-22(19-4-3-9-33-19)21(24(30)25(28)31)23(29)15-6-8-18-16(12-15)11-14(2)32-18/h3-10,12,14,22,29H,11H2,1-2H3/b23-21-. The lowest BCUT2D eigenvalue weighted by Gasteiger charge is -2.21. The fraction of sp³-hybridized carbons (Fsp3) is 0.192. The number of anilines is 1. The summed E-state index contributed by atoms with van der Waals surface area (Å²) in [7, 11) is 0. The van der Waals surface area contributed by atoms with Crippen LogP contribution in [-0.2, 0) is 16.0 Å². The van der Waals surface area contributed by atoms with Crippen molar-refractivity contribution in [1.29, 1.82) is 0 Å². The van der Waals surface area contributed by atoms with Crippen molar-refractivity contribution in [1.82, 2.24) is 4.98 Å². The number of aryl methyl sites for hydroxylation is 1. The maximum Gasteiger partial charge on any atom is 0.301 e. The van der Waals surface area contributed by atoms with Crippen LogP contribution in [0.25, 0.3) is 16.0 Å². The molecule has 1 fully saturated rings. The summed E-state index contributed by atoms with van der Waals surface area (Å²) in [5.74, 6) is -0.798. The molecule has 2 aromatic carbocycles. The van der Waals surface area contributed by atoms with Crippen LogP contribution < -0.4 is 9.64 Å². The summed E-state index contributed by atoms with van der Waals surface area (Å²) in [5.41, 5.74) is 3.41. The number of hydrogen-bond donors (Lipinski definition) is 1. The molecule has 1 saturated heterocycles. The Balaban J connectivity index is 1.51. The van der Waals surface area contributed by atoms with Crippen molar-refractivity contribution in [3.63, 3.8) is 0 Å². The molecule has 0 saturated carbocycles. The van der Waals surface area contributed by atoms with Crippen LogP contribution in [0, 0.1) is 6.92 Å². The lowest BCUT2D eigenvalue weighted by atomic mass is 9.98. The average Bonchev–Trinajstić information content (AvgIpc) is 3.58. The first-order valence-corrected chi connectivity index (χ1v) is 12.6. The first-order valence-electron chi connectivity index (χ1n) is 10.9. The lowest BCUT2D eigenvalue weighted by molar-refractivity contribution is -0.132. The second kappa shape index (κ2) is 7.78. The molecule has 1 N–H and O–H groups in total. The highest BCUT2D eigenvalue weighted by atomic mass is 32.1. The Morgan fingerprint density at radius 3 is 2.82 bits per heavy atom. The van der Waals surface area contributed by atoms with E-state index in [0.29, 0.717) is 10.7 Å². The minimum absolute atomic E-state index is 0.0618. The van der Waals surface area contributed by atoms with Crippen molar-refractivity contribution >= 4 is 55.5 Å². The van der Waals surface area contributed by atoms with Crippen molar-refractivity contribution in [2.24, 2.45) is 0 Å². The van der Waals surface area contributed by atoms with E-state index >= 15 is 0 Å². The lowest BCUT2D eigenvalue weighted by Crippen LogP contribution is -2.28. The number of Topliss-reactive ketones (excluding diaryl/α,β-unsaturated/α-hetero) is 1. The van der Waals surface area contributed by atoms with Crippen LogP contribution in [0.15, 0.2) is 59.5 Å². The van der Waals surface area contributed by atoms with Gasteiger partial charge in [0.15, 0.2) is 5.13 Å². The molecule has 170 valence electrons. The number of benzene rings is 2. The molecule has 6 nitrogen and oxygen atoms in total. The van der Waals surface area contributed by atoms with Gasteiger partial charge < -0.3 is 9.84 Å². The summed E-state index contributed by atoms with van der Waals surface area (Å²) >= 11 is 2.80. The van der Waals surface area contributed by atoms with E-state index in [9.17, 15) is 14.7 Å². The Hall–Kier alpha value is -3.49. The minimum Gasteiger partial charge on any atom is -0.507 e. The zero-order chi connectivity index (χ0) is 23.6. The normalized spacial score (nSPS) is 21.3. The molecule has 6 rings (SSSR count). The number of rotatable bonds is 3. The molecule has 2 unspecified atom stereocenters. The van der Waals surface area contributed by atoms with Crippen LogP contribution in [0.5, 0.6) is 5.75 Å². The van der Waals surface area contributed by atoms with Gasteiger partial charge in [0, 0.05) is 16.9 Å². The minimum atomic E-state index is -0.745. The molecule has 4 aromatic rings. The molecule has 2 aromatic heterocycles. The number of hydrogen-bond acceptors (Lipinski definition) is 7. The smallest absolute Gasteiger partial charge is 0.301 e. The third kappa shape index (κ3) is 3.25. The first kappa shape index (κ1) is 21.1. The summed E-state index contributed by atoms with van der Waals surface area (Å²) < 4.78 is 6.70. The second-order valence-corrected chi connectivity index (χ2v) is 10.6. The number of carbonyl (C=O) groups excluding carboxylic acids is 2. The quantitative estimate of drug-likeness (QED) is 0.230. The van der Waals surface area contributed by atoms with Gasteiger partial charge in [-0.3, -0.25) is 14.5 Å². The Kier molecular flexibility index (Phi) is 4.82. The molecule has 0 spiro atoms. The number of thiophene rings is 1. The van der Waals surface area contributed by atoms with Gasteiger partial charge >= 0.3 is 5.91 Å². The second-order valence-electron chi connectivity index (χ2n) is 8.61. The van der Waals surface area contributed by atoms with Crippen molar-refractivity contribution in [2.45, 2.75) is 32.4 Å². The number of fused-ring (bicyclic) bond motifs is 2. The monoisotopic (exact) mass is 488 g/mol. The largest absolute Gasteiger partial charge is 0.507 e. The maximum absolute atomic E-state index is 13.3. The highest BCUT2D eigenvalue weighted by Crippen LogP contribution is 2.46. The number of ether oxygens (including phenoxy) is 1. The summed E-state index contributed by atoms with van der Waals surface area (Å²) in [4.78, 5) is 33.5. The van der Waals surface area contributed by atoms with Gasteiger partial charge in [-0.2, -0.15) is 0 Å². The third-order valence-corrected chi connectivity index (χ3v) is 8.11. The average molecular weight is 489 g/mol. The predicted molar refractivity (Wildman–Crippen MR) is 134 cm³/mol. The van der Waals surface area contributed by atoms with E-state index in [1.807, 2.05) is 55.6 Å². The van der Waals surface area contributed by atoms with Crippen LogP contribution in [-0.4, -0.2) is 27.9 Å². The molecule has 2 atom stereocenters. The number of aliphatic hydroxyl groups is 1. The molecular weight excluding hydrogens is 468 g/mol. The van der Waals surface area contributed by atoms with Crippen molar-refractivity contribution in [2.75, 3.05) is 4.90 Å². The van der Waals surface area contributed by atoms with Crippen molar-refractivity contribution < 1.29 is 19.4 Å². The Morgan fingerprint density at radius 2 is 2.03 bits per heavy atom. The van der Waals surface area contributed by atoms with Crippen LogP contribution in [0.1, 0.15) is 34.5 Å². The Morgan fingerprint density at radius 1 is 1.18 bits per heavy atom. The topological polar surface area (TPSA) is 79.7 Å². The van der Waals surface area contributed by atoms with Gasteiger partial charge in [-0.15, -0.1) is 11.3 Å². The number of thiazole rings is 1. The van der Waals surface area contributed by atoms with Gasteiger partial charge in [-0.25, -0.2) is 4.98 Å². The molecule has 8 heteroatoms. The van der Waals surface area contributed by atoms with Crippen LogP contribution in [0.4, 0.5) is 5.13 Å². The SMILES string of the molecule is Cc1ccc2nc(N3C(=O)C(=O)/C(=C(\O)c4ccc5c(c4)CC(C)O5)C3c3cccs3)sc2c1. The molecule has 2 aliphatic rings. The molecule has 1 amide bonds. The van der Waals surface area contributed by atoms with E-state index in [-0.39, 0.29) is 17.4 Å². The fourth-order valence-corrected chi connectivity index (χ4v) is 6.51. The Bertz CT molecular complexity index is 1500. The highest BCUT2D eigenvalue weighted by molar-refractivity contribution is 7.22. The van der Waals surface area contributed by atoms with E-state index < -0.39 is 17.7 Å². The first-order chi connectivity index (χ1) is 16.4. The van der Waals surface area contributed by atoms with Gasteiger partial charge in [-0.1, -0.05) is 23.5 Å². The van der Waals surface area contributed by atoms with Gasteiger partial charge in [0.05, 0.1) is 15.8 Å². The zero-order valence-electron chi connectivity index (χ0n) is 18.4. The number of nitrogens with zero attached hydrogens (tertiary/aromatic N) is 2. The predicted octanol–water partition coefficient (Wildman–Crippen LogP) is 5.62. The molecule has 34 heavy (non-hydrogen) atoms. The van der Waals surface area contributed by atoms with Crippen molar-refractivity contribution in [3.05, 3.63) is 81.1 Å². The molecule has 0 aliphatic carbocycles. The summed E-state index contributed by atoms with van der Waals surface area (Å²) in [6, 6.07) is 14.3. The molecule has 0 radical (unpaired) electrons. The van der Waals surface area contributed by atoms with Gasteiger partial charge in [-0.05, 0) is 66.8 Å². The zero-order valence-corrected chi connectivity index (χ0v) is 20.1. The van der Waals surface area contributed by atoms with Crippen molar-refractivity contribution in [3.8, 4) is 5.75 Å². The van der Waals surface area contributed by atoms with E-state index in [4.69, 9.17) is 4.74 Å². The number of ketones is 1. The summed E-state index contributed by atoms with van der Waals surface area (Å²) in [6.07, 6.45) is 0.788. The van der Waals surface area contributed by atoms with Gasteiger partial charge in [0.2, 0.25) is 0 Å². The number of aromatic nitrogens is 1. The van der Waals surface area contributed by atoms with E-state index in [2.05, 4.69) is 4.98 Å². The number of carbonyl (C=O) groups is 2. The Labute approximate surface area is 203 Å². The molecule has 0 bridgehead atoms. The summed E-state index contributed by atoms with van der Waals surface area (Å²) in [5, 5.41) is 13.7.